The van der Waals surface area contributed by atoms with Crippen LogP contribution in [-0.2, 0) is 11.3 Å². The molecule has 0 radical (unpaired) electrons. The first-order valence-corrected chi connectivity index (χ1v) is 9.72. The van der Waals surface area contributed by atoms with Crippen LogP contribution in [0.2, 0.25) is 0 Å². The summed E-state index contributed by atoms with van der Waals surface area (Å²) in [6.07, 6.45) is 5.37. The Morgan fingerprint density at radius 1 is 1.33 bits per heavy atom. The molecule has 2 fully saturated rings. The summed E-state index contributed by atoms with van der Waals surface area (Å²) in [7, 11) is 3.32. The molecule has 1 aromatic rings. The van der Waals surface area contributed by atoms with Gasteiger partial charge in [-0.25, -0.2) is 0 Å². The monoisotopic (exact) mass is 374 g/mol. The summed E-state index contributed by atoms with van der Waals surface area (Å²) in [6.45, 7) is 1.96. The van der Waals surface area contributed by atoms with Crippen LogP contribution in [0.25, 0.3) is 0 Å². The van der Waals surface area contributed by atoms with Crippen LogP contribution in [0, 0.1) is 5.92 Å². The summed E-state index contributed by atoms with van der Waals surface area (Å²) >= 11 is 0. The maximum atomic E-state index is 12.6. The minimum absolute atomic E-state index is 0.195. The first kappa shape index (κ1) is 19.3. The molecule has 1 amide bonds. The van der Waals surface area contributed by atoms with E-state index in [4.69, 9.17) is 4.74 Å². The minimum atomic E-state index is 0.195. The van der Waals surface area contributed by atoms with Gasteiger partial charge in [0.25, 0.3) is 0 Å². The average Bonchev–Trinajstić information content (AvgIpc) is 3.37. The van der Waals surface area contributed by atoms with Crippen LogP contribution in [0.4, 0.5) is 0 Å². The highest BCUT2D eigenvalue weighted by atomic mass is 16.5. The predicted molar refractivity (Wildman–Crippen MR) is 105 cm³/mol. The van der Waals surface area contributed by atoms with Crippen LogP contribution in [-0.4, -0.2) is 55.2 Å². The van der Waals surface area contributed by atoms with Crippen LogP contribution in [0.1, 0.15) is 37.7 Å². The zero-order chi connectivity index (χ0) is 19.2. The quantitative estimate of drug-likeness (QED) is 0.541. The number of hydrogen-bond donors (Lipinski definition) is 3. The Bertz CT molecular complexity index is 686. The topological polar surface area (TPSA) is 86.2 Å². The zero-order valence-corrected chi connectivity index (χ0v) is 16.2. The summed E-state index contributed by atoms with van der Waals surface area (Å²) in [5.41, 5.74) is 0.738. The Hall–Kier alpha value is -2.44. The minimum Gasteiger partial charge on any atom is -0.508 e. The van der Waals surface area contributed by atoms with Gasteiger partial charge >= 0.3 is 0 Å². The Kier molecular flexibility index (Phi) is 6.42. The van der Waals surface area contributed by atoms with E-state index >= 15 is 0 Å². The molecule has 1 heterocycles. The van der Waals surface area contributed by atoms with E-state index in [9.17, 15) is 9.90 Å². The molecular formula is C20H30N4O3. The molecule has 148 valence electrons. The molecule has 1 aliphatic heterocycles. The molecule has 3 N–H and O–H groups in total. The number of methoxy groups -OCH3 is 1. The van der Waals surface area contributed by atoms with Crippen LogP contribution in [0.3, 0.4) is 0 Å². The van der Waals surface area contributed by atoms with Crippen LogP contribution < -0.4 is 15.4 Å². The summed E-state index contributed by atoms with van der Waals surface area (Å²) in [6, 6.07) is 5.34. The molecule has 0 aromatic heterocycles. The predicted octanol–water partition coefficient (Wildman–Crippen LogP) is 1.86. The van der Waals surface area contributed by atoms with Crippen molar-refractivity contribution in [3.63, 3.8) is 0 Å². The molecule has 7 heteroatoms. The lowest BCUT2D eigenvalue weighted by Crippen LogP contribution is -2.45. The van der Waals surface area contributed by atoms with Crippen LogP contribution in [0.15, 0.2) is 23.2 Å². The Labute approximate surface area is 160 Å². The number of aromatic hydroxyl groups is 1. The number of rotatable bonds is 5. The highest BCUT2D eigenvalue weighted by molar-refractivity contribution is 5.81. The Morgan fingerprint density at radius 3 is 2.81 bits per heavy atom. The van der Waals surface area contributed by atoms with Gasteiger partial charge in [0, 0.05) is 44.2 Å². The highest BCUT2D eigenvalue weighted by Crippen LogP contribution is 2.28. The normalized spacial score (nSPS) is 20.7. The second-order valence-electron chi connectivity index (χ2n) is 7.32. The van der Waals surface area contributed by atoms with Crippen molar-refractivity contribution in [2.75, 3.05) is 27.2 Å². The number of benzene rings is 1. The first-order valence-electron chi connectivity index (χ1n) is 9.72. The van der Waals surface area contributed by atoms with Crippen molar-refractivity contribution in [1.82, 2.24) is 15.5 Å². The fourth-order valence-corrected chi connectivity index (χ4v) is 3.91. The van der Waals surface area contributed by atoms with Gasteiger partial charge in [0.2, 0.25) is 5.91 Å². The third-order valence-corrected chi connectivity index (χ3v) is 5.50. The molecule has 1 saturated heterocycles. The van der Waals surface area contributed by atoms with Crippen LogP contribution >= 0.6 is 0 Å². The molecular weight excluding hydrogens is 344 g/mol. The van der Waals surface area contributed by atoms with E-state index in [0.29, 0.717) is 24.2 Å². The molecule has 1 aliphatic carbocycles. The number of amides is 1. The maximum Gasteiger partial charge on any atom is 0.225 e. The molecule has 7 nitrogen and oxygen atoms in total. The highest BCUT2D eigenvalue weighted by Gasteiger charge is 2.32. The van der Waals surface area contributed by atoms with E-state index in [-0.39, 0.29) is 17.7 Å². The zero-order valence-electron chi connectivity index (χ0n) is 16.2. The lowest BCUT2D eigenvalue weighted by molar-refractivity contribution is -0.134. The van der Waals surface area contributed by atoms with Crippen molar-refractivity contribution in [3.8, 4) is 11.5 Å². The van der Waals surface area contributed by atoms with Crippen molar-refractivity contribution in [3.05, 3.63) is 23.8 Å². The largest absolute Gasteiger partial charge is 0.508 e. The number of nitrogens with one attached hydrogen (secondary N) is 2. The van der Waals surface area contributed by atoms with Crippen molar-refractivity contribution in [2.24, 2.45) is 10.9 Å². The molecule has 0 spiro atoms. The molecule has 3 rings (SSSR count). The second-order valence-corrected chi connectivity index (χ2v) is 7.32. The summed E-state index contributed by atoms with van der Waals surface area (Å²) in [5, 5.41) is 16.6. The number of carbonyl (C=O) groups is 1. The third-order valence-electron chi connectivity index (χ3n) is 5.50. The molecule has 1 saturated carbocycles. The number of carbonyl (C=O) groups excluding carboxylic acids is 1. The SMILES string of the molecule is CN=C(NCc1cc(OC)ccc1O)NC1CCN(C(=O)C2CCCC2)C1. The lowest BCUT2D eigenvalue weighted by Gasteiger charge is -2.21. The van der Waals surface area contributed by atoms with E-state index in [2.05, 4.69) is 15.6 Å². The summed E-state index contributed by atoms with van der Waals surface area (Å²) < 4.78 is 5.20. The van der Waals surface area contributed by atoms with Gasteiger partial charge < -0.3 is 25.4 Å². The van der Waals surface area contributed by atoms with Gasteiger partial charge in [0.05, 0.1) is 7.11 Å². The van der Waals surface area contributed by atoms with Crippen molar-refractivity contribution >= 4 is 11.9 Å². The van der Waals surface area contributed by atoms with Gasteiger partial charge in [-0.3, -0.25) is 9.79 Å². The Balaban J connectivity index is 1.50. The number of ether oxygens (including phenoxy) is 1. The molecule has 27 heavy (non-hydrogen) atoms. The van der Waals surface area contributed by atoms with E-state index in [1.807, 2.05) is 4.90 Å². The number of likely N-dealkylation sites (tertiary alicyclic amines) is 1. The molecule has 0 bridgehead atoms. The van der Waals surface area contributed by atoms with E-state index in [0.717, 1.165) is 37.9 Å². The van der Waals surface area contributed by atoms with E-state index < -0.39 is 0 Å². The number of phenols is 1. The first-order chi connectivity index (χ1) is 13.1. The van der Waals surface area contributed by atoms with E-state index in [1.165, 1.54) is 12.8 Å². The third kappa shape index (κ3) is 4.84. The van der Waals surface area contributed by atoms with Gasteiger partial charge in [-0.1, -0.05) is 12.8 Å². The number of phenolic OH excluding ortho intramolecular Hbond substituents is 1. The fourth-order valence-electron chi connectivity index (χ4n) is 3.91. The summed E-state index contributed by atoms with van der Waals surface area (Å²) in [5.74, 6) is 2.13. The lowest BCUT2D eigenvalue weighted by atomic mass is 10.1. The van der Waals surface area contributed by atoms with Crippen LogP contribution in [0.5, 0.6) is 11.5 Å². The van der Waals surface area contributed by atoms with E-state index in [1.54, 1.807) is 32.4 Å². The number of guanidine groups is 1. The molecule has 2 aliphatic rings. The van der Waals surface area contributed by atoms with Crippen molar-refractivity contribution in [1.29, 1.82) is 0 Å². The second kappa shape index (κ2) is 8.97. The number of aliphatic imine (C=N–C) groups is 1. The fraction of sp³-hybridized carbons (Fsp3) is 0.600. The van der Waals surface area contributed by atoms with Crippen molar-refractivity contribution < 1.29 is 14.6 Å². The van der Waals surface area contributed by atoms with Gasteiger partial charge in [-0.2, -0.15) is 0 Å². The average molecular weight is 374 g/mol. The van der Waals surface area contributed by atoms with Gasteiger partial charge in [-0.15, -0.1) is 0 Å². The smallest absolute Gasteiger partial charge is 0.225 e. The van der Waals surface area contributed by atoms with Gasteiger partial charge in [0.15, 0.2) is 5.96 Å². The number of hydrogen-bond acceptors (Lipinski definition) is 4. The molecule has 1 aromatic carbocycles. The molecule has 1 atom stereocenters. The van der Waals surface area contributed by atoms with Gasteiger partial charge in [0.1, 0.15) is 11.5 Å². The summed E-state index contributed by atoms with van der Waals surface area (Å²) in [4.78, 5) is 18.8. The van der Waals surface area contributed by atoms with Crippen molar-refractivity contribution in [2.45, 2.75) is 44.7 Å². The standard InChI is InChI=1S/C20H30N4O3/c1-21-20(22-12-15-11-17(27-2)7-8-18(15)25)23-16-9-10-24(13-16)19(26)14-5-3-4-6-14/h7-8,11,14,16,25H,3-6,9-10,12-13H2,1-2H3,(H2,21,22,23). The molecule has 1 unspecified atom stereocenters. The Morgan fingerprint density at radius 2 is 2.11 bits per heavy atom. The number of nitrogens with zero attached hydrogens (tertiary/aromatic N) is 2. The van der Waals surface area contributed by atoms with Gasteiger partial charge in [-0.05, 0) is 37.5 Å². The maximum absolute atomic E-state index is 12.6.